The molecule has 0 unspecified atom stereocenters. The molecule has 1 aliphatic carbocycles. The summed E-state index contributed by atoms with van der Waals surface area (Å²) in [6.07, 6.45) is 2.25. The smallest absolute Gasteiger partial charge is 0.374 e. The predicted molar refractivity (Wildman–Crippen MR) is 84.7 cm³/mol. The molecule has 5 nitrogen and oxygen atoms in total. The first-order valence-corrected chi connectivity index (χ1v) is 7.85. The van der Waals surface area contributed by atoms with Crippen LogP contribution in [0.15, 0.2) is 40.8 Å². The Labute approximate surface area is 138 Å². The van der Waals surface area contributed by atoms with Crippen molar-refractivity contribution in [2.45, 2.75) is 25.8 Å². The molecule has 3 rings (SSSR count). The topological polar surface area (TPSA) is 68.5 Å². The highest BCUT2D eigenvalue weighted by atomic mass is 19.1. The van der Waals surface area contributed by atoms with Crippen molar-refractivity contribution < 1.29 is 23.1 Å². The summed E-state index contributed by atoms with van der Waals surface area (Å²) in [5.41, 5.74) is 0.645. The Morgan fingerprint density at radius 2 is 1.96 bits per heavy atom. The van der Waals surface area contributed by atoms with Gasteiger partial charge < -0.3 is 14.5 Å². The van der Waals surface area contributed by atoms with Crippen LogP contribution in [0.1, 0.15) is 30.3 Å². The van der Waals surface area contributed by atoms with Gasteiger partial charge in [0.1, 0.15) is 11.6 Å². The minimum absolute atomic E-state index is 0.00244. The maximum absolute atomic E-state index is 12.9. The number of esters is 1. The van der Waals surface area contributed by atoms with E-state index in [1.165, 1.54) is 18.2 Å². The van der Waals surface area contributed by atoms with Crippen molar-refractivity contribution in [2.75, 3.05) is 6.61 Å². The largest absolute Gasteiger partial charge is 0.450 e. The summed E-state index contributed by atoms with van der Waals surface area (Å²) in [5.74, 6) is -0.429. The highest BCUT2D eigenvalue weighted by Crippen LogP contribution is 2.32. The first kappa shape index (κ1) is 16.2. The van der Waals surface area contributed by atoms with E-state index in [0.717, 1.165) is 12.8 Å². The fourth-order valence-electron chi connectivity index (χ4n) is 2.43. The summed E-state index contributed by atoms with van der Waals surface area (Å²) in [7, 11) is 0. The zero-order valence-corrected chi connectivity index (χ0v) is 13.3. The Morgan fingerprint density at radius 1 is 1.25 bits per heavy atom. The number of amides is 1. The van der Waals surface area contributed by atoms with Crippen LogP contribution in [-0.4, -0.2) is 24.5 Å². The normalized spacial score (nSPS) is 14.9. The van der Waals surface area contributed by atoms with E-state index in [9.17, 15) is 14.0 Å². The Balaban J connectivity index is 1.53. The number of rotatable bonds is 6. The Bertz CT molecular complexity index is 734. The van der Waals surface area contributed by atoms with Gasteiger partial charge >= 0.3 is 5.97 Å². The number of benzene rings is 1. The van der Waals surface area contributed by atoms with Crippen LogP contribution >= 0.6 is 0 Å². The maximum Gasteiger partial charge on any atom is 0.374 e. The number of nitrogens with one attached hydrogen (secondary N) is 1. The summed E-state index contributed by atoms with van der Waals surface area (Å²) in [6.45, 7) is 1.60. The van der Waals surface area contributed by atoms with Gasteiger partial charge in [0.15, 0.2) is 6.61 Å². The molecule has 2 aromatic rings. The lowest BCUT2D eigenvalue weighted by atomic mass is 10.2. The average molecular weight is 331 g/mol. The predicted octanol–water partition coefficient (Wildman–Crippen LogP) is 3.16. The number of halogens is 1. The van der Waals surface area contributed by atoms with Gasteiger partial charge in [0.2, 0.25) is 5.76 Å². The molecule has 1 fully saturated rings. The van der Waals surface area contributed by atoms with E-state index in [4.69, 9.17) is 9.15 Å². The summed E-state index contributed by atoms with van der Waals surface area (Å²) >= 11 is 0. The van der Waals surface area contributed by atoms with E-state index >= 15 is 0 Å². The lowest BCUT2D eigenvalue weighted by Gasteiger charge is -2.12. The summed E-state index contributed by atoms with van der Waals surface area (Å²) < 4.78 is 23.3. The number of carbonyl (C=O) groups is 2. The van der Waals surface area contributed by atoms with Gasteiger partial charge in [-0.15, -0.1) is 0 Å². The first-order chi connectivity index (χ1) is 11.5. The molecule has 0 saturated heterocycles. The summed E-state index contributed by atoms with van der Waals surface area (Å²) in [4.78, 5) is 23.6. The standard InChI is InChI=1S/C18H18FNO4/c1-11(12-2-3-12)20-17(21)10-23-18(22)16-9-8-15(24-16)13-4-6-14(19)7-5-13/h4-9,11-12H,2-3,10H2,1H3,(H,20,21)/t11-/m1/s1. The van der Waals surface area contributed by atoms with Crippen molar-refractivity contribution in [3.05, 3.63) is 48.0 Å². The molecule has 126 valence electrons. The molecule has 0 spiro atoms. The van der Waals surface area contributed by atoms with Crippen LogP contribution in [0, 0.1) is 11.7 Å². The van der Waals surface area contributed by atoms with Crippen molar-refractivity contribution in [3.63, 3.8) is 0 Å². The Hall–Kier alpha value is -2.63. The van der Waals surface area contributed by atoms with Gasteiger partial charge in [0, 0.05) is 11.6 Å². The maximum atomic E-state index is 12.9. The number of carbonyl (C=O) groups excluding carboxylic acids is 2. The van der Waals surface area contributed by atoms with E-state index in [1.807, 2.05) is 6.92 Å². The second kappa shape index (κ2) is 6.86. The average Bonchev–Trinajstić information content (AvgIpc) is 3.31. The van der Waals surface area contributed by atoms with Gasteiger partial charge in [-0.25, -0.2) is 9.18 Å². The van der Waals surface area contributed by atoms with E-state index in [2.05, 4.69) is 5.32 Å². The second-order valence-corrected chi connectivity index (χ2v) is 5.94. The van der Waals surface area contributed by atoms with Crippen molar-refractivity contribution >= 4 is 11.9 Å². The van der Waals surface area contributed by atoms with Crippen LogP contribution in [0.4, 0.5) is 4.39 Å². The molecule has 1 heterocycles. The van der Waals surface area contributed by atoms with Crippen LogP contribution < -0.4 is 5.32 Å². The van der Waals surface area contributed by atoms with Crippen molar-refractivity contribution in [1.82, 2.24) is 5.32 Å². The van der Waals surface area contributed by atoms with E-state index in [-0.39, 0.29) is 30.1 Å². The van der Waals surface area contributed by atoms with Gasteiger partial charge in [-0.05, 0) is 62.1 Å². The molecular formula is C18H18FNO4. The van der Waals surface area contributed by atoms with Crippen LogP contribution in [0.2, 0.25) is 0 Å². The Kier molecular flexibility index (Phi) is 4.64. The summed E-state index contributed by atoms with van der Waals surface area (Å²) in [5, 5.41) is 2.80. The zero-order chi connectivity index (χ0) is 17.1. The lowest BCUT2D eigenvalue weighted by Crippen LogP contribution is -2.37. The molecule has 1 aliphatic rings. The van der Waals surface area contributed by atoms with Gasteiger partial charge in [-0.2, -0.15) is 0 Å². The fraction of sp³-hybridized carbons (Fsp3) is 0.333. The molecule has 6 heteroatoms. The molecule has 1 atom stereocenters. The van der Waals surface area contributed by atoms with Crippen LogP contribution in [-0.2, 0) is 9.53 Å². The van der Waals surface area contributed by atoms with Crippen LogP contribution in [0.5, 0.6) is 0 Å². The Morgan fingerprint density at radius 3 is 2.62 bits per heavy atom. The first-order valence-electron chi connectivity index (χ1n) is 7.85. The molecule has 1 amide bonds. The van der Waals surface area contributed by atoms with E-state index in [1.54, 1.807) is 18.2 Å². The van der Waals surface area contributed by atoms with Crippen LogP contribution in [0.25, 0.3) is 11.3 Å². The second-order valence-electron chi connectivity index (χ2n) is 5.94. The molecule has 0 bridgehead atoms. The fourth-order valence-corrected chi connectivity index (χ4v) is 2.43. The van der Waals surface area contributed by atoms with E-state index in [0.29, 0.717) is 17.2 Å². The van der Waals surface area contributed by atoms with Gasteiger partial charge in [-0.1, -0.05) is 0 Å². The van der Waals surface area contributed by atoms with E-state index < -0.39 is 5.97 Å². The highest BCUT2D eigenvalue weighted by molar-refractivity contribution is 5.89. The molecule has 24 heavy (non-hydrogen) atoms. The molecule has 1 aromatic heterocycles. The van der Waals surface area contributed by atoms with Gasteiger partial charge in [0.25, 0.3) is 5.91 Å². The SMILES string of the molecule is C[C@@H](NC(=O)COC(=O)c1ccc(-c2ccc(F)cc2)o1)C1CC1. The molecular weight excluding hydrogens is 313 g/mol. The third-order valence-electron chi connectivity index (χ3n) is 3.99. The number of furan rings is 1. The molecule has 1 aromatic carbocycles. The van der Waals surface area contributed by atoms with Crippen LogP contribution in [0.3, 0.4) is 0 Å². The van der Waals surface area contributed by atoms with Gasteiger partial charge in [-0.3, -0.25) is 4.79 Å². The number of hydrogen-bond acceptors (Lipinski definition) is 4. The summed E-state index contributed by atoms with van der Waals surface area (Å²) in [6, 6.07) is 8.88. The zero-order valence-electron chi connectivity index (χ0n) is 13.3. The number of hydrogen-bond donors (Lipinski definition) is 1. The quantitative estimate of drug-likeness (QED) is 0.826. The molecule has 0 radical (unpaired) electrons. The van der Waals surface area contributed by atoms with Crippen molar-refractivity contribution in [2.24, 2.45) is 5.92 Å². The molecule has 1 saturated carbocycles. The monoisotopic (exact) mass is 331 g/mol. The third kappa shape index (κ3) is 4.01. The third-order valence-corrected chi connectivity index (χ3v) is 3.99. The van der Waals surface area contributed by atoms with Crippen molar-refractivity contribution in [1.29, 1.82) is 0 Å². The van der Waals surface area contributed by atoms with Gasteiger partial charge in [0.05, 0.1) is 0 Å². The van der Waals surface area contributed by atoms with Crippen molar-refractivity contribution in [3.8, 4) is 11.3 Å². The lowest BCUT2D eigenvalue weighted by molar-refractivity contribution is -0.125. The minimum atomic E-state index is -0.711. The minimum Gasteiger partial charge on any atom is -0.450 e. The molecule has 0 aliphatic heterocycles. The highest BCUT2D eigenvalue weighted by Gasteiger charge is 2.29. The molecule has 1 N–H and O–H groups in total. The number of ether oxygens (including phenoxy) is 1.